The second-order valence-corrected chi connectivity index (χ2v) is 9.82. The van der Waals surface area contributed by atoms with Crippen molar-refractivity contribution in [1.82, 2.24) is 29.9 Å². The Hall–Kier alpha value is -4.82. The van der Waals surface area contributed by atoms with Crippen LogP contribution in [0.5, 0.6) is 5.75 Å². The maximum atomic E-state index is 13.0. The third kappa shape index (κ3) is 4.74. The summed E-state index contributed by atoms with van der Waals surface area (Å²) < 4.78 is 17.3. The third-order valence-electron chi connectivity index (χ3n) is 6.36. The molecular weight excluding hydrogens is 538 g/mol. The zero-order valence-corrected chi connectivity index (χ0v) is 22.2. The van der Waals surface area contributed by atoms with Crippen molar-refractivity contribution in [2.24, 2.45) is 0 Å². The Morgan fingerprint density at radius 1 is 1.27 bits per heavy atom. The molecule has 1 unspecified atom stereocenters. The van der Waals surface area contributed by atoms with E-state index in [2.05, 4.69) is 30.5 Å². The Bertz CT molecular complexity index is 1740. The molecule has 0 spiro atoms. The molecule has 6 rings (SSSR count). The predicted octanol–water partition coefficient (Wildman–Crippen LogP) is 3.70. The summed E-state index contributed by atoms with van der Waals surface area (Å²) in [6.45, 7) is 4.32. The molecule has 1 aliphatic rings. The van der Waals surface area contributed by atoms with Gasteiger partial charge in [-0.05, 0) is 53.9 Å². The number of anilines is 1. The van der Waals surface area contributed by atoms with E-state index >= 15 is 0 Å². The largest absolute Gasteiger partial charge is 0.477 e. The van der Waals surface area contributed by atoms with Gasteiger partial charge in [0, 0.05) is 23.7 Å². The van der Waals surface area contributed by atoms with Crippen molar-refractivity contribution in [2.45, 2.75) is 32.9 Å². The fraction of sp³-hybridized carbons (Fsp3) is 0.231. The van der Waals surface area contributed by atoms with Gasteiger partial charge in [-0.25, -0.2) is 14.6 Å². The number of benzene rings is 2. The molecule has 4 heterocycles. The molecule has 0 amide bonds. The van der Waals surface area contributed by atoms with E-state index in [1.165, 1.54) is 5.51 Å². The number of hydrogen-bond donors (Lipinski definition) is 3. The molecule has 0 saturated carbocycles. The molecule has 204 valence electrons. The quantitative estimate of drug-likeness (QED) is 0.252. The van der Waals surface area contributed by atoms with Gasteiger partial charge in [0.2, 0.25) is 11.7 Å². The molecule has 0 saturated heterocycles. The van der Waals surface area contributed by atoms with E-state index in [0.717, 1.165) is 49.7 Å². The topological polar surface area (TPSA) is 170 Å². The molecule has 0 fully saturated rings. The molecule has 3 aromatic heterocycles. The van der Waals surface area contributed by atoms with Gasteiger partial charge in [-0.1, -0.05) is 12.1 Å². The number of ether oxygens (including phenoxy) is 2. The van der Waals surface area contributed by atoms with E-state index in [0.29, 0.717) is 24.7 Å². The van der Waals surface area contributed by atoms with Crippen LogP contribution in [-0.2, 0) is 17.8 Å². The molecule has 0 aliphatic carbocycles. The van der Waals surface area contributed by atoms with E-state index < -0.39 is 17.7 Å². The lowest BCUT2D eigenvalue weighted by atomic mass is 9.97. The SMILES string of the molecule is CCc1cc(C(Nc2ccc(-c3noc(C)n3)cc2)c2nn(-c3ncsc3C(=O)O)c(=O)[nH]2)cc2c1OCOC2. The highest BCUT2D eigenvalue weighted by atomic mass is 32.1. The van der Waals surface area contributed by atoms with Crippen molar-refractivity contribution in [3.05, 3.63) is 85.7 Å². The van der Waals surface area contributed by atoms with Gasteiger partial charge in [-0.3, -0.25) is 4.98 Å². The second kappa shape index (κ2) is 10.4. The van der Waals surface area contributed by atoms with Crippen LogP contribution in [0.4, 0.5) is 5.69 Å². The van der Waals surface area contributed by atoms with Gasteiger partial charge in [0.05, 0.1) is 12.1 Å². The minimum atomic E-state index is -1.19. The number of fused-ring (bicyclic) bond motifs is 1. The number of thiazole rings is 1. The number of nitrogens with zero attached hydrogens (tertiary/aromatic N) is 5. The fourth-order valence-electron chi connectivity index (χ4n) is 4.52. The Labute approximate surface area is 230 Å². The van der Waals surface area contributed by atoms with Crippen LogP contribution in [0, 0.1) is 6.92 Å². The van der Waals surface area contributed by atoms with Crippen molar-refractivity contribution in [1.29, 1.82) is 0 Å². The van der Waals surface area contributed by atoms with Gasteiger partial charge in [0.15, 0.2) is 23.3 Å². The van der Waals surface area contributed by atoms with E-state index in [-0.39, 0.29) is 23.3 Å². The molecule has 1 atom stereocenters. The van der Waals surface area contributed by atoms with Crippen LogP contribution in [0.1, 0.15) is 51.0 Å². The number of carbonyl (C=O) groups is 1. The van der Waals surface area contributed by atoms with Crippen LogP contribution in [0.2, 0.25) is 0 Å². The predicted molar refractivity (Wildman–Crippen MR) is 143 cm³/mol. The highest BCUT2D eigenvalue weighted by Crippen LogP contribution is 2.35. The minimum Gasteiger partial charge on any atom is -0.477 e. The smallest absolute Gasteiger partial charge is 0.349 e. The molecule has 13 nitrogen and oxygen atoms in total. The number of carboxylic acid groups (broad SMARTS) is 1. The summed E-state index contributed by atoms with van der Waals surface area (Å²) in [4.78, 5) is 35.7. The average Bonchev–Trinajstić information content (AvgIpc) is 3.71. The van der Waals surface area contributed by atoms with Gasteiger partial charge < -0.3 is 24.4 Å². The summed E-state index contributed by atoms with van der Waals surface area (Å²) >= 11 is 0.915. The van der Waals surface area contributed by atoms with Crippen molar-refractivity contribution in [3.63, 3.8) is 0 Å². The Morgan fingerprint density at radius 2 is 2.10 bits per heavy atom. The molecular formula is C26H23N7O6S. The van der Waals surface area contributed by atoms with Crippen molar-refractivity contribution in [3.8, 4) is 23.0 Å². The lowest BCUT2D eigenvalue weighted by Gasteiger charge is -2.24. The number of aromatic carboxylic acids is 1. The summed E-state index contributed by atoms with van der Waals surface area (Å²) in [5, 5.41) is 21.4. The summed E-state index contributed by atoms with van der Waals surface area (Å²) in [6.07, 6.45) is 0.716. The first-order chi connectivity index (χ1) is 19.4. The highest BCUT2D eigenvalue weighted by molar-refractivity contribution is 7.12. The molecule has 3 N–H and O–H groups in total. The van der Waals surface area contributed by atoms with Gasteiger partial charge in [0.1, 0.15) is 11.8 Å². The van der Waals surface area contributed by atoms with Crippen molar-refractivity contribution >= 4 is 23.0 Å². The van der Waals surface area contributed by atoms with Gasteiger partial charge in [-0.2, -0.15) is 9.67 Å². The van der Waals surface area contributed by atoms with E-state index in [1.807, 2.05) is 43.3 Å². The standard InChI is InChI=1S/C26H23N7O6S/c1-3-14-8-16(9-17-10-37-12-38-20(14)17)19(29-18-6-4-15(5-7-18)22-28-13(2)39-32-22)23-30-26(36)33(31-23)24-21(25(34)35)40-11-27-24/h4-9,11,19,29H,3,10,12H2,1-2H3,(H,34,35)(H,30,31,36). The fourth-order valence-corrected chi connectivity index (χ4v) is 5.12. The number of carboxylic acids is 1. The van der Waals surface area contributed by atoms with Crippen LogP contribution < -0.4 is 15.7 Å². The summed E-state index contributed by atoms with van der Waals surface area (Å²) in [5.74, 6) is 0.766. The van der Waals surface area contributed by atoms with E-state index in [4.69, 9.17) is 14.0 Å². The Balaban J connectivity index is 1.43. The molecule has 0 bridgehead atoms. The Morgan fingerprint density at radius 3 is 2.83 bits per heavy atom. The second-order valence-electron chi connectivity index (χ2n) is 8.96. The summed E-state index contributed by atoms with van der Waals surface area (Å²) in [5.41, 5.74) is 4.92. The molecule has 0 radical (unpaired) electrons. The zero-order chi connectivity index (χ0) is 27.8. The van der Waals surface area contributed by atoms with Crippen LogP contribution in [0.15, 0.2) is 51.2 Å². The van der Waals surface area contributed by atoms with Crippen LogP contribution in [0.3, 0.4) is 0 Å². The number of aromatic amines is 1. The highest BCUT2D eigenvalue weighted by Gasteiger charge is 2.26. The van der Waals surface area contributed by atoms with Crippen LogP contribution in [0.25, 0.3) is 17.2 Å². The molecule has 40 heavy (non-hydrogen) atoms. The van der Waals surface area contributed by atoms with E-state index in [1.54, 1.807) is 6.92 Å². The minimum absolute atomic E-state index is 0.0509. The number of nitrogens with one attached hydrogen (secondary N) is 2. The summed E-state index contributed by atoms with van der Waals surface area (Å²) in [6, 6.07) is 10.7. The first kappa shape index (κ1) is 25.5. The van der Waals surface area contributed by atoms with Crippen molar-refractivity contribution in [2.75, 3.05) is 12.1 Å². The monoisotopic (exact) mass is 561 g/mol. The molecule has 2 aromatic carbocycles. The first-order valence-electron chi connectivity index (χ1n) is 12.3. The lowest BCUT2D eigenvalue weighted by Crippen LogP contribution is -2.18. The van der Waals surface area contributed by atoms with Crippen LogP contribution >= 0.6 is 11.3 Å². The maximum absolute atomic E-state index is 13.0. The first-order valence-corrected chi connectivity index (χ1v) is 13.2. The third-order valence-corrected chi connectivity index (χ3v) is 7.16. The maximum Gasteiger partial charge on any atom is 0.349 e. The van der Waals surface area contributed by atoms with Gasteiger partial charge in [-0.15, -0.1) is 16.4 Å². The number of aromatic nitrogens is 6. The van der Waals surface area contributed by atoms with Crippen LogP contribution in [-0.4, -0.2) is 47.8 Å². The lowest BCUT2D eigenvalue weighted by molar-refractivity contribution is -0.0170. The van der Waals surface area contributed by atoms with Crippen molar-refractivity contribution < 1.29 is 23.9 Å². The number of hydrogen-bond acceptors (Lipinski definition) is 11. The number of H-pyrrole nitrogens is 1. The number of aryl methyl sites for hydroxylation is 2. The molecule has 14 heteroatoms. The Kier molecular flexibility index (Phi) is 6.61. The summed E-state index contributed by atoms with van der Waals surface area (Å²) in [7, 11) is 0. The zero-order valence-electron chi connectivity index (χ0n) is 21.4. The van der Waals surface area contributed by atoms with E-state index in [9.17, 15) is 14.7 Å². The average molecular weight is 562 g/mol. The molecule has 1 aliphatic heterocycles. The van der Waals surface area contributed by atoms with Gasteiger partial charge >= 0.3 is 11.7 Å². The van der Waals surface area contributed by atoms with Gasteiger partial charge in [0.25, 0.3) is 0 Å². The normalized spacial score (nSPS) is 13.4. The number of rotatable bonds is 8. The molecule has 5 aromatic rings.